The molecule has 0 aliphatic carbocycles. The smallest absolute Gasteiger partial charge is 0.304 e. The van der Waals surface area contributed by atoms with Crippen LogP contribution >= 0.6 is 0 Å². The lowest BCUT2D eigenvalue weighted by atomic mass is 9.98. The zero-order chi connectivity index (χ0) is 12.8. The number of carboxylic acid groups (broad SMARTS) is 1. The highest BCUT2D eigenvalue weighted by atomic mass is 16.4. The second-order valence-electron chi connectivity index (χ2n) is 5.44. The van der Waals surface area contributed by atoms with E-state index in [0.717, 1.165) is 19.4 Å². The Balaban J connectivity index is 4.37. The van der Waals surface area contributed by atoms with Crippen LogP contribution in [0.25, 0.3) is 0 Å². The zero-order valence-corrected chi connectivity index (χ0v) is 11.4. The van der Waals surface area contributed by atoms with E-state index >= 15 is 0 Å². The predicted octanol–water partition coefficient (Wildman–Crippen LogP) is 3.00. The standard InChI is InChI=1S/C13H27NO2/c1-6-11(7-2)10-14(13(3,4)5)9-8-12(15)16/h11H,6-10H2,1-5H3,(H,15,16). The van der Waals surface area contributed by atoms with E-state index in [-0.39, 0.29) is 12.0 Å². The minimum absolute atomic E-state index is 0.0536. The summed E-state index contributed by atoms with van der Waals surface area (Å²) in [6.07, 6.45) is 2.56. The van der Waals surface area contributed by atoms with Crippen molar-refractivity contribution in [3.8, 4) is 0 Å². The molecule has 3 nitrogen and oxygen atoms in total. The van der Waals surface area contributed by atoms with Crippen LogP contribution in [-0.2, 0) is 4.79 Å². The van der Waals surface area contributed by atoms with Crippen molar-refractivity contribution in [3.63, 3.8) is 0 Å². The first-order valence-electron chi connectivity index (χ1n) is 6.28. The lowest BCUT2D eigenvalue weighted by Crippen LogP contribution is -2.45. The van der Waals surface area contributed by atoms with E-state index in [1.165, 1.54) is 0 Å². The SMILES string of the molecule is CCC(CC)CN(CCC(=O)O)C(C)(C)C. The van der Waals surface area contributed by atoms with Crippen LogP contribution in [0.5, 0.6) is 0 Å². The number of carboxylic acids is 1. The summed E-state index contributed by atoms with van der Waals surface area (Å²) in [4.78, 5) is 12.9. The molecule has 0 aromatic rings. The maximum Gasteiger partial charge on any atom is 0.304 e. The minimum atomic E-state index is -0.709. The van der Waals surface area contributed by atoms with Crippen LogP contribution in [0.3, 0.4) is 0 Å². The van der Waals surface area contributed by atoms with E-state index in [9.17, 15) is 4.79 Å². The molecule has 0 rings (SSSR count). The third-order valence-corrected chi connectivity index (χ3v) is 3.18. The lowest BCUT2D eigenvalue weighted by Gasteiger charge is -2.37. The van der Waals surface area contributed by atoms with Gasteiger partial charge in [0.2, 0.25) is 0 Å². The normalized spacial score (nSPS) is 12.4. The molecule has 0 aliphatic rings. The van der Waals surface area contributed by atoms with Gasteiger partial charge in [-0.3, -0.25) is 9.69 Å². The molecule has 3 heteroatoms. The molecule has 1 N–H and O–H groups in total. The summed E-state index contributed by atoms with van der Waals surface area (Å²) < 4.78 is 0. The fourth-order valence-electron chi connectivity index (χ4n) is 1.79. The Morgan fingerprint density at radius 2 is 1.75 bits per heavy atom. The summed E-state index contributed by atoms with van der Waals surface area (Å²) in [6, 6.07) is 0. The van der Waals surface area contributed by atoms with Crippen molar-refractivity contribution < 1.29 is 9.90 Å². The maximum atomic E-state index is 10.6. The van der Waals surface area contributed by atoms with Crippen molar-refractivity contribution >= 4 is 5.97 Å². The number of rotatable bonds is 7. The topological polar surface area (TPSA) is 40.5 Å². The van der Waals surface area contributed by atoms with Crippen LogP contribution in [0.4, 0.5) is 0 Å². The summed E-state index contributed by atoms with van der Waals surface area (Å²) >= 11 is 0. The van der Waals surface area contributed by atoms with Crippen molar-refractivity contribution in [1.29, 1.82) is 0 Å². The van der Waals surface area contributed by atoms with Gasteiger partial charge in [0.05, 0.1) is 6.42 Å². The zero-order valence-electron chi connectivity index (χ0n) is 11.4. The third kappa shape index (κ3) is 6.11. The van der Waals surface area contributed by atoms with Crippen LogP contribution in [0.1, 0.15) is 53.9 Å². The molecule has 16 heavy (non-hydrogen) atoms. The average Bonchev–Trinajstić information content (AvgIpc) is 2.16. The molecular weight excluding hydrogens is 202 g/mol. The van der Waals surface area contributed by atoms with E-state index < -0.39 is 5.97 Å². The Kier molecular flexibility index (Phi) is 6.65. The molecule has 0 aromatic heterocycles. The van der Waals surface area contributed by atoms with Gasteiger partial charge in [-0.25, -0.2) is 0 Å². The molecule has 0 radical (unpaired) electrons. The Morgan fingerprint density at radius 1 is 1.25 bits per heavy atom. The fraction of sp³-hybridized carbons (Fsp3) is 0.923. The highest BCUT2D eigenvalue weighted by molar-refractivity contribution is 5.66. The second-order valence-corrected chi connectivity index (χ2v) is 5.44. The van der Waals surface area contributed by atoms with Gasteiger partial charge >= 0.3 is 5.97 Å². The Morgan fingerprint density at radius 3 is 2.06 bits per heavy atom. The first-order chi connectivity index (χ1) is 7.31. The van der Waals surface area contributed by atoms with Crippen molar-refractivity contribution in [3.05, 3.63) is 0 Å². The number of hydrogen-bond donors (Lipinski definition) is 1. The largest absolute Gasteiger partial charge is 0.481 e. The number of hydrogen-bond acceptors (Lipinski definition) is 2. The Hall–Kier alpha value is -0.570. The van der Waals surface area contributed by atoms with Crippen LogP contribution in [0.15, 0.2) is 0 Å². The van der Waals surface area contributed by atoms with Gasteiger partial charge in [-0.1, -0.05) is 26.7 Å². The average molecular weight is 229 g/mol. The molecule has 0 aromatic carbocycles. The molecule has 0 bridgehead atoms. The summed E-state index contributed by atoms with van der Waals surface area (Å²) in [5.41, 5.74) is 0.0536. The van der Waals surface area contributed by atoms with Crippen molar-refractivity contribution in [2.45, 2.75) is 59.4 Å². The van der Waals surface area contributed by atoms with Crippen molar-refractivity contribution in [1.82, 2.24) is 4.90 Å². The third-order valence-electron chi connectivity index (χ3n) is 3.18. The van der Waals surface area contributed by atoms with Crippen molar-refractivity contribution in [2.24, 2.45) is 5.92 Å². The fourth-order valence-corrected chi connectivity index (χ4v) is 1.79. The van der Waals surface area contributed by atoms with Crippen LogP contribution < -0.4 is 0 Å². The van der Waals surface area contributed by atoms with Gasteiger partial charge in [0.1, 0.15) is 0 Å². The number of aliphatic carboxylic acids is 1. The van der Waals surface area contributed by atoms with E-state index in [2.05, 4.69) is 39.5 Å². The van der Waals surface area contributed by atoms with Crippen molar-refractivity contribution in [2.75, 3.05) is 13.1 Å². The summed E-state index contributed by atoms with van der Waals surface area (Å²) in [6.45, 7) is 12.5. The Labute approximate surface area is 99.8 Å². The second kappa shape index (κ2) is 6.89. The van der Waals surface area contributed by atoms with Gasteiger partial charge in [0, 0.05) is 18.6 Å². The highest BCUT2D eigenvalue weighted by Crippen LogP contribution is 2.19. The first-order valence-corrected chi connectivity index (χ1v) is 6.28. The summed E-state index contributed by atoms with van der Waals surface area (Å²) in [5, 5.41) is 8.75. The van der Waals surface area contributed by atoms with Gasteiger partial charge in [-0.05, 0) is 26.7 Å². The molecule has 0 spiro atoms. The van der Waals surface area contributed by atoms with Crippen LogP contribution in [0.2, 0.25) is 0 Å². The molecule has 0 atom stereocenters. The van der Waals surface area contributed by atoms with Crippen LogP contribution in [0, 0.1) is 5.92 Å². The molecular formula is C13H27NO2. The monoisotopic (exact) mass is 229 g/mol. The molecule has 0 saturated heterocycles. The molecule has 0 unspecified atom stereocenters. The van der Waals surface area contributed by atoms with Gasteiger partial charge in [-0.2, -0.15) is 0 Å². The summed E-state index contributed by atoms with van der Waals surface area (Å²) in [7, 11) is 0. The van der Waals surface area contributed by atoms with Gasteiger partial charge in [0.25, 0.3) is 0 Å². The van der Waals surface area contributed by atoms with E-state index in [1.54, 1.807) is 0 Å². The first kappa shape index (κ1) is 15.4. The maximum absolute atomic E-state index is 10.6. The summed E-state index contributed by atoms with van der Waals surface area (Å²) in [5.74, 6) is -0.0354. The quantitative estimate of drug-likeness (QED) is 0.729. The van der Waals surface area contributed by atoms with Crippen LogP contribution in [-0.4, -0.2) is 34.6 Å². The molecule has 0 amide bonds. The predicted molar refractivity (Wildman–Crippen MR) is 67.7 cm³/mol. The highest BCUT2D eigenvalue weighted by Gasteiger charge is 2.23. The minimum Gasteiger partial charge on any atom is -0.481 e. The lowest BCUT2D eigenvalue weighted by molar-refractivity contribution is -0.137. The molecule has 0 heterocycles. The number of carbonyl (C=O) groups is 1. The Bertz CT molecular complexity index is 204. The molecule has 0 saturated carbocycles. The van der Waals surface area contributed by atoms with Gasteiger partial charge < -0.3 is 5.11 Å². The van der Waals surface area contributed by atoms with E-state index in [1.807, 2.05) is 0 Å². The van der Waals surface area contributed by atoms with Gasteiger partial charge in [0.15, 0.2) is 0 Å². The van der Waals surface area contributed by atoms with Gasteiger partial charge in [-0.15, -0.1) is 0 Å². The molecule has 0 aliphatic heterocycles. The molecule has 0 fully saturated rings. The van der Waals surface area contributed by atoms with E-state index in [0.29, 0.717) is 12.5 Å². The van der Waals surface area contributed by atoms with E-state index in [4.69, 9.17) is 5.11 Å². The molecule has 96 valence electrons. The number of nitrogens with zero attached hydrogens (tertiary/aromatic N) is 1.